The highest BCUT2D eigenvalue weighted by Gasteiger charge is 2.21. The highest BCUT2D eigenvalue weighted by atomic mass is 32.2. The van der Waals surface area contributed by atoms with Gasteiger partial charge in [-0.15, -0.1) is 16.4 Å². The first-order chi connectivity index (χ1) is 11.3. The third kappa shape index (κ3) is 5.13. The van der Waals surface area contributed by atoms with Crippen LogP contribution in [0.1, 0.15) is 42.2 Å². The fourth-order valence-corrected chi connectivity index (χ4v) is 3.89. The second-order valence-corrected chi connectivity index (χ2v) is 8.37. The number of ketones is 1. The Kier molecular flexibility index (Phi) is 6.11. The minimum atomic E-state index is -0.227. The summed E-state index contributed by atoms with van der Waals surface area (Å²) < 4.78 is 1.72. The van der Waals surface area contributed by atoms with Crippen molar-refractivity contribution in [1.82, 2.24) is 25.5 Å². The van der Waals surface area contributed by atoms with Gasteiger partial charge >= 0.3 is 0 Å². The zero-order chi connectivity index (χ0) is 17.7. The van der Waals surface area contributed by atoms with Crippen molar-refractivity contribution in [2.24, 2.45) is 0 Å². The Bertz CT molecular complexity index is 718. The molecule has 1 N–H and O–H groups in total. The SMILES string of the molecule is CC(=O)NCCc1ccc(C(=O)CSc2nnnn2C(C)(C)C)s1. The van der Waals surface area contributed by atoms with Crippen molar-refractivity contribution >= 4 is 34.8 Å². The largest absolute Gasteiger partial charge is 0.356 e. The molecule has 0 saturated carbocycles. The van der Waals surface area contributed by atoms with Crippen molar-refractivity contribution in [1.29, 1.82) is 0 Å². The Hall–Kier alpha value is -1.74. The van der Waals surface area contributed by atoms with E-state index in [2.05, 4.69) is 20.8 Å². The highest BCUT2D eigenvalue weighted by molar-refractivity contribution is 7.99. The van der Waals surface area contributed by atoms with Crippen molar-refractivity contribution in [2.75, 3.05) is 12.3 Å². The molecule has 0 aliphatic rings. The molecule has 0 fully saturated rings. The number of Topliss-reactive ketones (excluding diaryl/α,β-unsaturated/α-hetero) is 1. The molecule has 2 aromatic rings. The van der Waals surface area contributed by atoms with Crippen LogP contribution in [0.2, 0.25) is 0 Å². The molecule has 130 valence electrons. The van der Waals surface area contributed by atoms with E-state index >= 15 is 0 Å². The number of tetrazole rings is 1. The molecule has 0 atom stereocenters. The van der Waals surface area contributed by atoms with Gasteiger partial charge in [-0.1, -0.05) is 11.8 Å². The summed E-state index contributed by atoms with van der Waals surface area (Å²) >= 11 is 2.81. The molecule has 0 spiro atoms. The molecule has 0 bridgehead atoms. The van der Waals surface area contributed by atoms with Crippen LogP contribution in [0, 0.1) is 0 Å². The van der Waals surface area contributed by atoms with E-state index in [1.165, 1.54) is 30.0 Å². The predicted molar refractivity (Wildman–Crippen MR) is 94.6 cm³/mol. The van der Waals surface area contributed by atoms with Crippen LogP contribution in [0.25, 0.3) is 0 Å². The van der Waals surface area contributed by atoms with E-state index in [0.29, 0.717) is 17.5 Å². The molecule has 0 radical (unpaired) electrons. The molecule has 1 amide bonds. The molecule has 2 heterocycles. The number of hydrogen-bond acceptors (Lipinski definition) is 7. The summed E-state index contributed by atoms with van der Waals surface area (Å²) in [6.45, 7) is 8.10. The Morgan fingerprint density at radius 3 is 2.75 bits per heavy atom. The first-order valence-electron chi connectivity index (χ1n) is 7.55. The third-order valence-corrected chi connectivity index (χ3v) is 5.20. The quantitative estimate of drug-likeness (QED) is 0.596. The number of thiophene rings is 1. The van der Waals surface area contributed by atoms with E-state index in [0.717, 1.165) is 16.2 Å². The first kappa shape index (κ1) is 18.6. The Morgan fingerprint density at radius 2 is 2.08 bits per heavy atom. The lowest BCUT2D eigenvalue weighted by molar-refractivity contribution is -0.118. The van der Waals surface area contributed by atoms with E-state index in [4.69, 9.17) is 0 Å². The zero-order valence-electron chi connectivity index (χ0n) is 14.2. The van der Waals surface area contributed by atoms with Gasteiger partial charge in [0.25, 0.3) is 0 Å². The smallest absolute Gasteiger partial charge is 0.216 e. The number of aromatic nitrogens is 4. The molecule has 2 rings (SSSR count). The number of carbonyl (C=O) groups excluding carboxylic acids is 2. The Morgan fingerprint density at radius 1 is 1.33 bits per heavy atom. The molecule has 0 unspecified atom stereocenters. The number of hydrogen-bond donors (Lipinski definition) is 1. The van der Waals surface area contributed by atoms with Crippen molar-refractivity contribution in [3.05, 3.63) is 21.9 Å². The molecular weight excluding hydrogens is 346 g/mol. The van der Waals surface area contributed by atoms with Gasteiger partial charge in [-0.3, -0.25) is 9.59 Å². The van der Waals surface area contributed by atoms with E-state index in [1.54, 1.807) is 4.68 Å². The summed E-state index contributed by atoms with van der Waals surface area (Å²) in [4.78, 5) is 25.0. The van der Waals surface area contributed by atoms with Gasteiger partial charge in [-0.05, 0) is 49.8 Å². The van der Waals surface area contributed by atoms with Crippen molar-refractivity contribution < 1.29 is 9.59 Å². The normalized spacial score (nSPS) is 11.5. The topological polar surface area (TPSA) is 89.8 Å². The maximum atomic E-state index is 12.3. The summed E-state index contributed by atoms with van der Waals surface area (Å²) in [5, 5.41) is 15.0. The van der Waals surface area contributed by atoms with E-state index in [1.807, 2.05) is 32.9 Å². The van der Waals surface area contributed by atoms with Crippen LogP contribution in [-0.4, -0.2) is 44.2 Å². The van der Waals surface area contributed by atoms with Gasteiger partial charge in [0.05, 0.1) is 16.2 Å². The van der Waals surface area contributed by atoms with Crippen LogP contribution in [0.4, 0.5) is 0 Å². The summed E-state index contributed by atoms with van der Waals surface area (Å²) in [5.74, 6) is 0.303. The van der Waals surface area contributed by atoms with Crippen LogP contribution in [0.15, 0.2) is 17.3 Å². The van der Waals surface area contributed by atoms with Crippen LogP contribution in [0.5, 0.6) is 0 Å². The maximum Gasteiger partial charge on any atom is 0.216 e. The number of nitrogens with one attached hydrogen (secondary N) is 1. The lowest BCUT2D eigenvalue weighted by Crippen LogP contribution is -2.24. The molecule has 7 nitrogen and oxygen atoms in total. The fourth-order valence-electron chi connectivity index (χ4n) is 1.92. The predicted octanol–water partition coefficient (Wildman–Crippen LogP) is 2.14. The van der Waals surface area contributed by atoms with Crippen LogP contribution >= 0.6 is 23.1 Å². The number of thioether (sulfide) groups is 1. The zero-order valence-corrected chi connectivity index (χ0v) is 15.8. The van der Waals surface area contributed by atoms with Crippen LogP contribution in [0.3, 0.4) is 0 Å². The second-order valence-electron chi connectivity index (χ2n) is 6.25. The average molecular weight is 368 g/mol. The van der Waals surface area contributed by atoms with E-state index in [9.17, 15) is 9.59 Å². The van der Waals surface area contributed by atoms with Crippen molar-refractivity contribution in [2.45, 2.75) is 44.8 Å². The Balaban J connectivity index is 1.90. The van der Waals surface area contributed by atoms with Crippen LogP contribution < -0.4 is 5.32 Å². The van der Waals surface area contributed by atoms with E-state index in [-0.39, 0.29) is 17.2 Å². The first-order valence-corrected chi connectivity index (χ1v) is 9.35. The monoisotopic (exact) mass is 367 g/mol. The highest BCUT2D eigenvalue weighted by Crippen LogP contribution is 2.24. The second kappa shape index (κ2) is 7.89. The van der Waals surface area contributed by atoms with Gasteiger partial charge in [0.1, 0.15) is 0 Å². The molecule has 9 heteroatoms. The molecule has 0 aliphatic carbocycles. The van der Waals surface area contributed by atoms with Gasteiger partial charge in [0, 0.05) is 18.3 Å². The maximum absolute atomic E-state index is 12.3. The van der Waals surface area contributed by atoms with Gasteiger partial charge in [0.15, 0.2) is 5.78 Å². The molecular formula is C15H21N5O2S2. The molecule has 0 saturated heterocycles. The molecule has 24 heavy (non-hydrogen) atoms. The minimum Gasteiger partial charge on any atom is -0.356 e. The van der Waals surface area contributed by atoms with Crippen LogP contribution in [-0.2, 0) is 16.8 Å². The van der Waals surface area contributed by atoms with Gasteiger partial charge in [-0.25, -0.2) is 4.68 Å². The summed E-state index contributed by atoms with van der Waals surface area (Å²) in [7, 11) is 0. The standard InChI is InChI=1S/C15H21N5O2S2/c1-10(21)16-8-7-11-5-6-13(24-11)12(22)9-23-14-17-18-19-20(14)15(2,3)4/h5-6H,7-9H2,1-4H3,(H,16,21). The molecule has 0 aromatic carbocycles. The number of nitrogens with zero attached hydrogens (tertiary/aromatic N) is 4. The summed E-state index contributed by atoms with van der Waals surface area (Å²) in [5.41, 5.74) is -0.227. The number of carbonyl (C=O) groups is 2. The average Bonchev–Trinajstić information content (AvgIpc) is 3.12. The number of rotatable bonds is 7. The van der Waals surface area contributed by atoms with Gasteiger partial charge in [0.2, 0.25) is 11.1 Å². The lowest BCUT2D eigenvalue weighted by Gasteiger charge is -2.19. The summed E-state index contributed by atoms with van der Waals surface area (Å²) in [6, 6.07) is 3.77. The lowest BCUT2D eigenvalue weighted by atomic mass is 10.1. The third-order valence-electron chi connectivity index (χ3n) is 3.09. The Labute approximate surface area is 149 Å². The fraction of sp³-hybridized carbons (Fsp3) is 0.533. The summed E-state index contributed by atoms with van der Waals surface area (Å²) in [6.07, 6.45) is 0.729. The minimum absolute atomic E-state index is 0.0455. The van der Waals surface area contributed by atoms with Gasteiger partial charge in [-0.2, -0.15) is 0 Å². The molecule has 0 aliphatic heterocycles. The van der Waals surface area contributed by atoms with Gasteiger partial charge < -0.3 is 5.32 Å². The van der Waals surface area contributed by atoms with E-state index < -0.39 is 0 Å². The van der Waals surface area contributed by atoms with Crippen molar-refractivity contribution in [3.8, 4) is 0 Å². The number of amides is 1. The van der Waals surface area contributed by atoms with Crippen molar-refractivity contribution in [3.63, 3.8) is 0 Å². The molecule has 2 aromatic heterocycles.